The highest BCUT2D eigenvalue weighted by molar-refractivity contribution is 5.78. The van der Waals surface area contributed by atoms with E-state index in [1.165, 1.54) is 231 Å². The average Bonchev–Trinajstić information content (AvgIpc) is 4.26. The number of hydrogen-bond donors (Lipinski definition) is 0. The number of rotatable bonds is 48. The van der Waals surface area contributed by atoms with E-state index < -0.39 is 0 Å². The number of carbonyl (C=O) groups is 1. The first-order valence-corrected chi connectivity index (χ1v) is 30.4. The Morgan fingerprint density at radius 3 is 1.44 bits per heavy atom. The summed E-state index contributed by atoms with van der Waals surface area (Å²) in [7, 11) is 4.15. The number of allylic oxidation sites excluding steroid dienone is 1. The van der Waals surface area contributed by atoms with Crippen LogP contribution < -0.4 is 0 Å². The monoisotopic (exact) mass is 922 g/mol. The lowest BCUT2D eigenvalue weighted by molar-refractivity contribution is -0.120. The summed E-state index contributed by atoms with van der Waals surface area (Å²) in [6.07, 6.45) is 55.9. The fourth-order valence-electron chi connectivity index (χ4n) is 12.8. The molecule has 66 heavy (non-hydrogen) atoms. The van der Waals surface area contributed by atoms with Crippen molar-refractivity contribution in [1.82, 2.24) is 4.90 Å². The summed E-state index contributed by atoms with van der Waals surface area (Å²) < 4.78 is 13.2. The van der Waals surface area contributed by atoms with E-state index in [1.807, 2.05) is 0 Å². The molecule has 0 spiro atoms. The van der Waals surface area contributed by atoms with E-state index in [2.05, 4.69) is 46.3 Å². The Kier molecular flexibility index (Phi) is 31.6. The molecule has 10 unspecified atom stereocenters. The molecule has 0 radical (unpaired) electrons. The van der Waals surface area contributed by atoms with E-state index in [1.54, 1.807) is 6.42 Å². The van der Waals surface area contributed by atoms with Crippen molar-refractivity contribution in [1.29, 1.82) is 0 Å². The third-order valence-corrected chi connectivity index (χ3v) is 17.7. The predicted octanol–water partition coefficient (Wildman–Crippen LogP) is 18.7. The van der Waals surface area contributed by atoms with Crippen LogP contribution in [0.3, 0.4) is 0 Å². The molecule has 4 rings (SSSR count). The maximum absolute atomic E-state index is 13.0. The van der Waals surface area contributed by atoms with Crippen molar-refractivity contribution in [2.45, 2.75) is 290 Å². The molecule has 0 aliphatic heterocycles. The average molecular weight is 923 g/mol. The van der Waals surface area contributed by atoms with Gasteiger partial charge in [0, 0.05) is 32.4 Å². The lowest BCUT2D eigenvalue weighted by atomic mass is 9.80. The van der Waals surface area contributed by atoms with Crippen molar-refractivity contribution >= 4 is 5.78 Å². The summed E-state index contributed by atoms with van der Waals surface area (Å²) in [4.78, 5) is 15.2. The Labute approximate surface area is 412 Å². The molecule has 0 saturated heterocycles. The highest BCUT2D eigenvalue weighted by Gasteiger charge is 2.44. The summed E-state index contributed by atoms with van der Waals surface area (Å²) in [5.41, 5.74) is 0. The van der Waals surface area contributed by atoms with Crippen LogP contribution in [0, 0.1) is 53.3 Å². The van der Waals surface area contributed by atoms with Crippen LogP contribution in [0.4, 0.5) is 0 Å². The number of ether oxygens (including phenoxy) is 2. The van der Waals surface area contributed by atoms with Crippen molar-refractivity contribution in [3.8, 4) is 0 Å². The fourth-order valence-corrected chi connectivity index (χ4v) is 12.8. The molecule has 4 heteroatoms. The van der Waals surface area contributed by atoms with Crippen LogP contribution in [0.2, 0.25) is 0 Å². The number of nitrogens with zero attached hydrogens (tertiary/aromatic N) is 1. The lowest BCUT2D eigenvalue weighted by Gasteiger charge is -2.27. The molecule has 0 bridgehead atoms. The van der Waals surface area contributed by atoms with E-state index in [9.17, 15) is 4.79 Å². The van der Waals surface area contributed by atoms with Gasteiger partial charge in [0.15, 0.2) is 0 Å². The highest BCUT2D eigenvalue weighted by Crippen LogP contribution is 2.53. The number of ketones is 1. The predicted molar refractivity (Wildman–Crippen MR) is 286 cm³/mol. The van der Waals surface area contributed by atoms with Gasteiger partial charge >= 0.3 is 0 Å². The van der Waals surface area contributed by atoms with Gasteiger partial charge in [-0.1, -0.05) is 220 Å². The molecule has 386 valence electrons. The van der Waals surface area contributed by atoms with E-state index in [-0.39, 0.29) is 6.10 Å². The largest absolute Gasteiger partial charge is 0.496 e. The molecule has 0 aromatic rings. The molecule has 0 aromatic carbocycles. The summed E-state index contributed by atoms with van der Waals surface area (Å²) in [5.74, 6) is 9.35. The summed E-state index contributed by atoms with van der Waals surface area (Å²) in [5, 5.41) is 0. The smallest absolute Gasteiger partial charge is 0.134 e. The number of carbonyl (C=O) groups excluding carboxylic acids is 1. The molecule has 0 N–H and O–H groups in total. The first-order chi connectivity index (χ1) is 32.3. The van der Waals surface area contributed by atoms with Gasteiger partial charge in [-0.25, -0.2) is 0 Å². The van der Waals surface area contributed by atoms with Gasteiger partial charge in [0.1, 0.15) is 12.4 Å². The SMILES string of the molecule is C=C(CC1CCC(CC(=O)CCN(C)C)C1CC1CC1CC)OCC(CCCCCCCCCCC1CC1CCCCCCCC)OCCCCCCCCC1CC1CCCCCCCC. The van der Waals surface area contributed by atoms with Gasteiger partial charge < -0.3 is 14.4 Å². The van der Waals surface area contributed by atoms with Crippen molar-refractivity contribution in [3.63, 3.8) is 0 Å². The van der Waals surface area contributed by atoms with E-state index in [0.29, 0.717) is 36.6 Å². The first kappa shape index (κ1) is 57.7. The maximum Gasteiger partial charge on any atom is 0.134 e. The van der Waals surface area contributed by atoms with Gasteiger partial charge in [-0.05, 0) is 119 Å². The second-order valence-electron chi connectivity index (χ2n) is 23.9. The van der Waals surface area contributed by atoms with Crippen molar-refractivity contribution < 1.29 is 14.3 Å². The zero-order valence-corrected chi connectivity index (χ0v) is 45.3. The molecule has 4 nitrogen and oxygen atoms in total. The molecular weight excluding hydrogens is 807 g/mol. The Hall–Kier alpha value is -0.870. The third-order valence-electron chi connectivity index (χ3n) is 17.7. The summed E-state index contributed by atoms with van der Waals surface area (Å²) >= 11 is 0. The standard InChI is InChI=1S/C62H115NO3/c1-7-10-12-14-22-28-34-53-46-55(53)36-30-24-18-16-17-19-26-32-38-61(65-43-33-27-21-20-25-31-37-56-47-54(56)35-29-23-15-13-11-8-2)50-66-51(4)44-57-39-40-58(48-60(64)41-42-63(5)6)62(57)49-59-45-52(59)9-3/h52-59,61-62H,4,7-50H2,1-3,5-6H3. The minimum atomic E-state index is 0.176. The highest BCUT2D eigenvalue weighted by atomic mass is 16.5. The summed E-state index contributed by atoms with van der Waals surface area (Å²) in [6.45, 7) is 13.9. The Bertz CT molecular complexity index is 1200. The van der Waals surface area contributed by atoms with Crippen LogP contribution in [0.25, 0.3) is 0 Å². The second kappa shape index (κ2) is 36.1. The van der Waals surface area contributed by atoms with Crippen LogP contribution in [0.5, 0.6) is 0 Å². The Morgan fingerprint density at radius 1 is 0.530 bits per heavy atom. The van der Waals surface area contributed by atoms with Crippen LogP contribution in [-0.2, 0) is 14.3 Å². The zero-order chi connectivity index (χ0) is 47.0. The number of unbranched alkanes of at least 4 members (excludes halogenated alkanes) is 22. The van der Waals surface area contributed by atoms with Gasteiger partial charge in [0.25, 0.3) is 0 Å². The molecular formula is C62H115NO3. The van der Waals surface area contributed by atoms with E-state index >= 15 is 0 Å². The van der Waals surface area contributed by atoms with Crippen molar-refractivity contribution in [3.05, 3.63) is 12.3 Å². The van der Waals surface area contributed by atoms with Gasteiger partial charge in [-0.2, -0.15) is 0 Å². The van der Waals surface area contributed by atoms with E-state index in [4.69, 9.17) is 9.47 Å². The van der Waals surface area contributed by atoms with Crippen molar-refractivity contribution in [2.75, 3.05) is 33.9 Å². The van der Waals surface area contributed by atoms with Crippen molar-refractivity contribution in [2.24, 2.45) is 53.3 Å². The van der Waals surface area contributed by atoms with Gasteiger partial charge in [-0.15, -0.1) is 0 Å². The van der Waals surface area contributed by atoms with Gasteiger partial charge in [0.2, 0.25) is 0 Å². The minimum absolute atomic E-state index is 0.176. The number of Topliss-reactive ketones (excluding diaryl/α,β-unsaturated/α-hetero) is 1. The molecule has 4 fully saturated rings. The topological polar surface area (TPSA) is 38.8 Å². The van der Waals surface area contributed by atoms with Crippen LogP contribution >= 0.6 is 0 Å². The second-order valence-corrected chi connectivity index (χ2v) is 23.9. The molecule has 4 aliphatic carbocycles. The van der Waals surface area contributed by atoms with E-state index in [0.717, 1.165) is 73.7 Å². The quantitative estimate of drug-likeness (QED) is 0.0450. The first-order valence-electron chi connectivity index (χ1n) is 30.4. The number of hydrogen-bond acceptors (Lipinski definition) is 4. The third kappa shape index (κ3) is 26.9. The molecule has 10 atom stereocenters. The molecule has 4 aliphatic rings. The molecule has 0 aromatic heterocycles. The molecule has 0 heterocycles. The van der Waals surface area contributed by atoms with Gasteiger partial charge in [0.05, 0.1) is 11.9 Å². The Morgan fingerprint density at radius 2 is 0.970 bits per heavy atom. The van der Waals surface area contributed by atoms with Crippen LogP contribution in [-0.4, -0.2) is 50.6 Å². The fraction of sp³-hybridized carbons (Fsp3) is 0.952. The summed E-state index contributed by atoms with van der Waals surface area (Å²) in [6, 6.07) is 0. The molecule has 0 amide bonds. The maximum atomic E-state index is 13.0. The molecule has 4 saturated carbocycles. The lowest BCUT2D eigenvalue weighted by Crippen LogP contribution is -2.23. The van der Waals surface area contributed by atoms with Crippen LogP contribution in [0.1, 0.15) is 284 Å². The Balaban J connectivity index is 1.08. The van der Waals surface area contributed by atoms with Gasteiger partial charge in [-0.3, -0.25) is 4.79 Å². The zero-order valence-electron chi connectivity index (χ0n) is 45.3. The normalized spacial score (nSPS) is 26.0. The van der Waals surface area contributed by atoms with Crippen LogP contribution in [0.15, 0.2) is 12.3 Å². The minimum Gasteiger partial charge on any atom is -0.496 e.